The van der Waals surface area contributed by atoms with Crippen molar-refractivity contribution >= 4 is 23.4 Å². The maximum Gasteiger partial charge on any atom is 0.248 e. The van der Waals surface area contributed by atoms with Gasteiger partial charge in [0.05, 0.1) is 13.1 Å². The van der Waals surface area contributed by atoms with Crippen molar-refractivity contribution in [3.63, 3.8) is 0 Å². The lowest BCUT2D eigenvalue weighted by molar-refractivity contribution is -0.123. The van der Waals surface area contributed by atoms with Crippen molar-refractivity contribution in [2.24, 2.45) is 11.5 Å². The molecule has 0 aliphatic carbocycles. The van der Waals surface area contributed by atoms with Crippen LogP contribution in [-0.2, 0) is 9.59 Å². The fourth-order valence-corrected chi connectivity index (χ4v) is 1.40. The van der Waals surface area contributed by atoms with Crippen LogP contribution in [0.2, 0.25) is 0 Å². The van der Waals surface area contributed by atoms with Crippen LogP contribution < -0.4 is 22.1 Å². The third-order valence-electron chi connectivity index (χ3n) is 2.42. The smallest absolute Gasteiger partial charge is 0.248 e. The summed E-state index contributed by atoms with van der Waals surface area (Å²) in [7, 11) is 0. The average Bonchev–Trinajstić information content (AvgIpc) is 2.38. The van der Waals surface area contributed by atoms with Gasteiger partial charge >= 0.3 is 0 Å². The lowest BCUT2D eigenvalue weighted by Crippen LogP contribution is -2.36. The number of rotatable bonds is 5. The van der Waals surface area contributed by atoms with Gasteiger partial charge in [0.25, 0.3) is 0 Å². The van der Waals surface area contributed by atoms with Crippen molar-refractivity contribution in [2.45, 2.75) is 6.92 Å². The Balaban J connectivity index is 2.64. The Labute approximate surface area is 110 Å². The first kappa shape index (κ1) is 14.7. The van der Waals surface area contributed by atoms with E-state index in [1.54, 1.807) is 19.1 Å². The summed E-state index contributed by atoms with van der Waals surface area (Å²) >= 11 is 0. The van der Waals surface area contributed by atoms with E-state index in [2.05, 4.69) is 10.6 Å². The van der Waals surface area contributed by atoms with E-state index >= 15 is 0 Å². The minimum absolute atomic E-state index is 0.160. The normalized spacial score (nSPS) is 9.79. The molecule has 1 rings (SSSR count). The highest BCUT2D eigenvalue weighted by Gasteiger charge is 2.08. The zero-order valence-corrected chi connectivity index (χ0v) is 10.5. The molecule has 0 heterocycles. The highest BCUT2D eigenvalue weighted by atomic mass is 16.2. The predicted molar refractivity (Wildman–Crippen MR) is 70.4 cm³/mol. The van der Waals surface area contributed by atoms with Gasteiger partial charge < -0.3 is 22.1 Å². The van der Waals surface area contributed by atoms with E-state index in [0.717, 1.165) is 0 Å². The summed E-state index contributed by atoms with van der Waals surface area (Å²) in [5, 5.41) is 4.96. The van der Waals surface area contributed by atoms with Crippen molar-refractivity contribution in [1.82, 2.24) is 5.32 Å². The largest absolute Gasteiger partial charge is 0.366 e. The standard InChI is InChI=1S/C12H16N4O3/c1-7-4-8(12(14)19)2-3-9(7)16-11(18)6-15-10(17)5-13/h2-4H,5-6,13H2,1H3,(H2,14,19)(H,15,17)(H,16,18). The summed E-state index contributed by atoms with van der Waals surface area (Å²) in [6.07, 6.45) is 0. The van der Waals surface area contributed by atoms with E-state index in [4.69, 9.17) is 11.5 Å². The van der Waals surface area contributed by atoms with Gasteiger partial charge in [0.2, 0.25) is 17.7 Å². The molecule has 0 aromatic heterocycles. The van der Waals surface area contributed by atoms with Crippen molar-refractivity contribution in [3.05, 3.63) is 29.3 Å². The van der Waals surface area contributed by atoms with Gasteiger partial charge in [0.1, 0.15) is 0 Å². The Morgan fingerprint density at radius 3 is 2.42 bits per heavy atom. The minimum atomic E-state index is -0.531. The molecule has 3 amide bonds. The highest BCUT2D eigenvalue weighted by Crippen LogP contribution is 2.16. The number of carbonyl (C=O) groups is 3. The second-order valence-corrected chi connectivity index (χ2v) is 3.92. The molecule has 1 aromatic carbocycles. The average molecular weight is 264 g/mol. The first-order valence-corrected chi connectivity index (χ1v) is 5.61. The van der Waals surface area contributed by atoms with Gasteiger partial charge in [-0.15, -0.1) is 0 Å². The second-order valence-electron chi connectivity index (χ2n) is 3.92. The minimum Gasteiger partial charge on any atom is -0.366 e. The van der Waals surface area contributed by atoms with Crippen LogP contribution in [-0.4, -0.2) is 30.8 Å². The molecule has 7 nitrogen and oxygen atoms in total. The van der Waals surface area contributed by atoms with E-state index in [1.807, 2.05) is 0 Å². The third kappa shape index (κ3) is 4.40. The molecule has 0 atom stereocenters. The van der Waals surface area contributed by atoms with Crippen LogP contribution in [0.1, 0.15) is 15.9 Å². The number of anilines is 1. The molecule has 6 N–H and O–H groups in total. The van der Waals surface area contributed by atoms with Gasteiger partial charge in [-0.1, -0.05) is 0 Å². The van der Waals surface area contributed by atoms with Gasteiger partial charge in [-0.3, -0.25) is 14.4 Å². The molecule has 0 aliphatic rings. The van der Waals surface area contributed by atoms with Crippen LogP contribution in [0, 0.1) is 6.92 Å². The number of carbonyl (C=O) groups excluding carboxylic acids is 3. The molecule has 0 fully saturated rings. The Hall–Kier alpha value is -2.41. The van der Waals surface area contributed by atoms with Crippen LogP contribution in [0.25, 0.3) is 0 Å². The Kier molecular flexibility index (Phi) is 5.01. The molecule has 0 spiro atoms. The van der Waals surface area contributed by atoms with E-state index in [1.165, 1.54) is 6.07 Å². The maximum absolute atomic E-state index is 11.5. The van der Waals surface area contributed by atoms with Gasteiger partial charge in [-0.25, -0.2) is 0 Å². The lowest BCUT2D eigenvalue weighted by atomic mass is 10.1. The number of nitrogens with two attached hydrogens (primary N) is 2. The van der Waals surface area contributed by atoms with Gasteiger partial charge in [0, 0.05) is 11.3 Å². The predicted octanol–water partition coefficient (Wildman–Crippen LogP) is -0.893. The number of benzene rings is 1. The van der Waals surface area contributed by atoms with E-state index in [-0.39, 0.29) is 19.0 Å². The maximum atomic E-state index is 11.5. The molecule has 0 radical (unpaired) electrons. The van der Waals surface area contributed by atoms with E-state index in [9.17, 15) is 14.4 Å². The molecular weight excluding hydrogens is 248 g/mol. The molecule has 0 saturated heterocycles. The highest BCUT2D eigenvalue weighted by molar-refractivity contribution is 5.97. The van der Waals surface area contributed by atoms with E-state index < -0.39 is 11.8 Å². The molecule has 0 bridgehead atoms. The summed E-state index contributed by atoms with van der Waals surface area (Å²) in [5.74, 6) is -1.32. The number of primary amides is 1. The van der Waals surface area contributed by atoms with Crippen molar-refractivity contribution < 1.29 is 14.4 Å². The van der Waals surface area contributed by atoms with Gasteiger partial charge in [0.15, 0.2) is 0 Å². The van der Waals surface area contributed by atoms with Crippen molar-refractivity contribution in [1.29, 1.82) is 0 Å². The quantitative estimate of drug-likeness (QED) is 0.550. The molecule has 0 unspecified atom stereocenters. The van der Waals surface area contributed by atoms with Crippen LogP contribution in [0.4, 0.5) is 5.69 Å². The molecule has 19 heavy (non-hydrogen) atoms. The summed E-state index contributed by atoms with van der Waals surface area (Å²) in [6, 6.07) is 4.68. The topological polar surface area (TPSA) is 127 Å². The summed E-state index contributed by atoms with van der Waals surface area (Å²) in [5.41, 5.74) is 11.9. The van der Waals surface area contributed by atoms with E-state index in [0.29, 0.717) is 16.8 Å². The summed E-state index contributed by atoms with van der Waals surface area (Å²) in [6.45, 7) is 1.41. The fraction of sp³-hybridized carbons (Fsp3) is 0.250. The van der Waals surface area contributed by atoms with Crippen LogP contribution in [0.15, 0.2) is 18.2 Å². The van der Waals surface area contributed by atoms with Gasteiger partial charge in [-0.2, -0.15) is 0 Å². The monoisotopic (exact) mass is 264 g/mol. The van der Waals surface area contributed by atoms with Gasteiger partial charge in [-0.05, 0) is 30.7 Å². The first-order valence-electron chi connectivity index (χ1n) is 5.61. The number of hydrogen-bond donors (Lipinski definition) is 4. The molecule has 102 valence electrons. The SMILES string of the molecule is Cc1cc(C(N)=O)ccc1NC(=O)CNC(=O)CN. The second kappa shape index (κ2) is 6.50. The molecular formula is C12H16N4O3. The van der Waals surface area contributed by atoms with Crippen LogP contribution >= 0.6 is 0 Å². The Morgan fingerprint density at radius 2 is 1.89 bits per heavy atom. The molecule has 0 aliphatic heterocycles. The zero-order chi connectivity index (χ0) is 14.4. The number of hydrogen-bond acceptors (Lipinski definition) is 4. The van der Waals surface area contributed by atoms with Crippen molar-refractivity contribution in [3.8, 4) is 0 Å². The third-order valence-corrected chi connectivity index (χ3v) is 2.42. The molecule has 1 aromatic rings. The lowest BCUT2D eigenvalue weighted by Gasteiger charge is -2.09. The summed E-state index contributed by atoms with van der Waals surface area (Å²) < 4.78 is 0. The van der Waals surface area contributed by atoms with Crippen molar-refractivity contribution in [2.75, 3.05) is 18.4 Å². The fourth-order valence-electron chi connectivity index (χ4n) is 1.40. The molecule has 7 heteroatoms. The first-order chi connectivity index (χ1) is 8.93. The molecule has 0 saturated carbocycles. The number of amides is 3. The Bertz CT molecular complexity index is 514. The Morgan fingerprint density at radius 1 is 1.21 bits per heavy atom. The van der Waals surface area contributed by atoms with Crippen LogP contribution in [0.5, 0.6) is 0 Å². The number of nitrogens with one attached hydrogen (secondary N) is 2. The zero-order valence-electron chi connectivity index (χ0n) is 10.5. The summed E-state index contributed by atoms with van der Waals surface area (Å²) in [4.78, 5) is 33.4. The number of aryl methyl sites for hydroxylation is 1. The van der Waals surface area contributed by atoms with Crippen LogP contribution in [0.3, 0.4) is 0 Å².